The van der Waals surface area contributed by atoms with Gasteiger partial charge in [-0.2, -0.15) is 10.1 Å². The quantitative estimate of drug-likeness (QED) is 0.833. The van der Waals surface area contributed by atoms with Crippen LogP contribution in [0.1, 0.15) is 5.56 Å². The molecule has 0 unspecified atom stereocenters. The number of hydrogen-bond acceptors (Lipinski definition) is 5. The van der Waals surface area contributed by atoms with Crippen molar-refractivity contribution in [1.29, 1.82) is 0 Å². The predicted molar refractivity (Wildman–Crippen MR) is 58.4 cm³/mol. The highest BCUT2D eigenvalue weighted by atomic mass is 32.1. The van der Waals surface area contributed by atoms with Crippen LogP contribution in [-0.4, -0.2) is 10.1 Å². The van der Waals surface area contributed by atoms with Crippen molar-refractivity contribution in [2.45, 2.75) is 6.54 Å². The summed E-state index contributed by atoms with van der Waals surface area (Å²) >= 11 is 1.19. The Kier molecular flexibility index (Phi) is 3.21. The van der Waals surface area contributed by atoms with Crippen LogP contribution < -0.4 is 0 Å². The largest absolute Gasteiger partial charge is 0.493 e. The Balaban J connectivity index is 1.99. The summed E-state index contributed by atoms with van der Waals surface area (Å²) in [4.78, 5) is 3.70. The lowest BCUT2D eigenvalue weighted by molar-refractivity contribution is 0.457. The van der Waals surface area contributed by atoms with Crippen LogP contribution in [0.2, 0.25) is 0 Å². The van der Waals surface area contributed by atoms with E-state index in [1.165, 1.54) is 28.8 Å². The van der Waals surface area contributed by atoms with Gasteiger partial charge in [-0.3, -0.25) is 0 Å². The Morgan fingerprint density at radius 2 is 2.31 bits per heavy atom. The smallest absolute Gasteiger partial charge is 0.232 e. The Labute approximate surface area is 95.1 Å². The maximum atomic E-state index is 12.8. The van der Waals surface area contributed by atoms with Gasteiger partial charge in [-0.1, -0.05) is 23.5 Å². The first-order chi connectivity index (χ1) is 7.74. The molecule has 1 aromatic carbocycles. The van der Waals surface area contributed by atoms with Crippen molar-refractivity contribution in [3.05, 3.63) is 41.0 Å². The fraction of sp³-hybridized carbons (Fsp3) is 0.100. The van der Waals surface area contributed by atoms with Gasteiger partial charge in [-0.15, -0.1) is 5.11 Å². The summed E-state index contributed by atoms with van der Waals surface area (Å²) in [5.74, 6) is -0.357. The molecule has 0 saturated carbocycles. The monoisotopic (exact) mass is 237 g/mol. The number of thiazole rings is 1. The second kappa shape index (κ2) is 4.80. The SMILES string of the molecule is Oc1csc(N=NCc2cccc(F)c2)n1. The third kappa shape index (κ3) is 2.83. The van der Waals surface area contributed by atoms with Gasteiger partial charge in [0.05, 0.1) is 11.9 Å². The van der Waals surface area contributed by atoms with Crippen LogP contribution in [-0.2, 0) is 6.54 Å². The number of azo groups is 1. The fourth-order valence-electron chi connectivity index (χ4n) is 1.11. The van der Waals surface area contributed by atoms with Gasteiger partial charge in [-0.05, 0) is 17.7 Å². The van der Waals surface area contributed by atoms with Crippen molar-refractivity contribution in [3.8, 4) is 5.88 Å². The molecule has 0 atom stereocenters. The predicted octanol–water partition coefficient (Wildman–Crippen LogP) is 3.27. The molecule has 1 aromatic heterocycles. The Hall–Kier alpha value is -1.82. The second-order valence-corrected chi connectivity index (χ2v) is 3.85. The lowest BCUT2D eigenvalue weighted by Crippen LogP contribution is -1.81. The number of hydrogen-bond donors (Lipinski definition) is 1. The molecule has 2 rings (SSSR count). The summed E-state index contributed by atoms with van der Waals surface area (Å²) in [6.45, 7) is 0.290. The average molecular weight is 237 g/mol. The van der Waals surface area contributed by atoms with E-state index < -0.39 is 0 Å². The van der Waals surface area contributed by atoms with Crippen molar-refractivity contribution in [2.75, 3.05) is 0 Å². The van der Waals surface area contributed by atoms with Crippen LogP contribution in [0.4, 0.5) is 9.52 Å². The van der Waals surface area contributed by atoms with Crippen LogP contribution in [0.25, 0.3) is 0 Å². The summed E-state index contributed by atoms with van der Waals surface area (Å²) in [6, 6.07) is 6.16. The molecule has 0 aliphatic heterocycles. The minimum Gasteiger partial charge on any atom is -0.493 e. The normalized spacial score (nSPS) is 11.1. The molecule has 0 radical (unpaired) electrons. The lowest BCUT2D eigenvalue weighted by atomic mass is 10.2. The van der Waals surface area contributed by atoms with Crippen LogP contribution in [0, 0.1) is 5.82 Å². The van der Waals surface area contributed by atoms with Gasteiger partial charge in [-0.25, -0.2) is 4.39 Å². The Morgan fingerprint density at radius 3 is 3.00 bits per heavy atom. The van der Waals surface area contributed by atoms with Crippen molar-refractivity contribution < 1.29 is 9.50 Å². The average Bonchev–Trinajstić information content (AvgIpc) is 2.64. The van der Waals surface area contributed by atoms with E-state index in [1.54, 1.807) is 12.1 Å². The van der Waals surface area contributed by atoms with Gasteiger partial charge in [0.25, 0.3) is 0 Å². The van der Waals surface area contributed by atoms with Crippen molar-refractivity contribution in [1.82, 2.24) is 4.98 Å². The van der Waals surface area contributed by atoms with E-state index in [2.05, 4.69) is 15.2 Å². The Morgan fingerprint density at radius 1 is 1.44 bits per heavy atom. The van der Waals surface area contributed by atoms with Crippen LogP contribution >= 0.6 is 11.3 Å². The number of halogens is 1. The molecule has 0 amide bonds. The lowest BCUT2D eigenvalue weighted by Gasteiger charge is -1.94. The molecule has 0 aliphatic rings. The van der Waals surface area contributed by atoms with Crippen LogP contribution in [0.15, 0.2) is 39.9 Å². The van der Waals surface area contributed by atoms with E-state index in [9.17, 15) is 4.39 Å². The molecule has 4 nitrogen and oxygen atoms in total. The standard InChI is InChI=1S/C10H8FN3OS/c11-8-3-1-2-7(4-8)5-12-14-10-13-9(15)6-16-10/h1-4,6,15H,5H2. The topological polar surface area (TPSA) is 57.8 Å². The third-order valence-electron chi connectivity index (χ3n) is 1.78. The zero-order valence-corrected chi connectivity index (χ0v) is 8.99. The first kappa shape index (κ1) is 10.7. The van der Waals surface area contributed by atoms with E-state index in [0.29, 0.717) is 5.13 Å². The van der Waals surface area contributed by atoms with E-state index in [-0.39, 0.29) is 18.2 Å². The first-order valence-corrected chi connectivity index (χ1v) is 5.38. The third-order valence-corrected chi connectivity index (χ3v) is 2.49. The van der Waals surface area contributed by atoms with Gasteiger partial charge in [0.2, 0.25) is 11.0 Å². The number of rotatable bonds is 3. The molecule has 0 saturated heterocycles. The maximum absolute atomic E-state index is 12.8. The van der Waals surface area contributed by atoms with Gasteiger partial charge in [0.15, 0.2) is 0 Å². The number of aromatic nitrogens is 1. The van der Waals surface area contributed by atoms with E-state index in [4.69, 9.17) is 5.11 Å². The highest BCUT2D eigenvalue weighted by molar-refractivity contribution is 7.13. The summed E-state index contributed by atoms with van der Waals surface area (Å²) in [7, 11) is 0. The highest BCUT2D eigenvalue weighted by Gasteiger charge is 1.97. The van der Waals surface area contributed by atoms with Crippen molar-refractivity contribution in [3.63, 3.8) is 0 Å². The number of nitrogens with zero attached hydrogens (tertiary/aromatic N) is 3. The van der Waals surface area contributed by atoms with Gasteiger partial charge >= 0.3 is 0 Å². The highest BCUT2D eigenvalue weighted by Crippen LogP contribution is 2.22. The Bertz CT molecular complexity index is 512. The van der Waals surface area contributed by atoms with Crippen LogP contribution in [0.5, 0.6) is 5.88 Å². The molecule has 16 heavy (non-hydrogen) atoms. The maximum Gasteiger partial charge on any atom is 0.232 e. The molecule has 1 heterocycles. The van der Waals surface area contributed by atoms with E-state index in [1.807, 2.05) is 0 Å². The minimum atomic E-state index is -0.292. The molecule has 0 bridgehead atoms. The second-order valence-electron chi connectivity index (χ2n) is 3.02. The summed E-state index contributed by atoms with van der Waals surface area (Å²) < 4.78 is 12.8. The zero-order chi connectivity index (χ0) is 11.4. The fourth-order valence-corrected chi connectivity index (χ4v) is 1.63. The zero-order valence-electron chi connectivity index (χ0n) is 8.17. The molecule has 1 N–H and O–H groups in total. The number of aromatic hydroxyl groups is 1. The minimum absolute atomic E-state index is 0.0651. The number of benzene rings is 1. The van der Waals surface area contributed by atoms with Gasteiger partial charge in [0.1, 0.15) is 5.82 Å². The molecule has 82 valence electrons. The summed E-state index contributed by atoms with van der Waals surface area (Å²) in [5.41, 5.74) is 0.740. The van der Waals surface area contributed by atoms with E-state index >= 15 is 0 Å². The molecular formula is C10H8FN3OS. The molecule has 0 spiro atoms. The molecule has 2 aromatic rings. The van der Waals surface area contributed by atoms with Crippen molar-refractivity contribution >= 4 is 16.5 Å². The molecular weight excluding hydrogens is 229 g/mol. The molecule has 0 aliphatic carbocycles. The first-order valence-electron chi connectivity index (χ1n) is 4.50. The molecule has 0 fully saturated rings. The van der Waals surface area contributed by atoms with Gasteiger partial charge < -0.3 is 5.11 Å². The summed E-state index contributed by atoms with van der Waals surface area (Å²) in [5, 5.41) is 18.5. The van der Waals surface area contributed by atoms with Crippen molar-refractivity contribution in [2.24, 2.45) is 10.2 Å². The van der Waals surface area contributed by atoms with Crippen LogP contribution in [0.3, 0.4) is 0 Å². The van der Waals surface area contributed by atoms with E-state index in [0.717, 1.165) is 5.56 Å². The van der Waals surface area contributed by atoms with Gasteiger partial charge in [0, 0.05) is 0 Å². The summed E-state index contributed by atoms with van der Waals surface area (Å²) in [6.07, 6.45) is 0. The molecule has 6 heteroatoms.